The van der Waals surface area contributed by atoms with Crippen molar-refractivity contribution in [3.63, 3.8) is 0 Å². The summed E-state index contributed by atoms with van der Waals surface area (Å²) in [6.45, 7) is 1.77. The molecule has 0 radical (unpaired) electrons. The molecule has 0 amide bonds. The monoisotopic (exact) mass is 372 g/mol. The van der Waals surface area contributed by atoms with E-state index in [4.69, 9.17) is 4.74 Å². The third kappa shape index (κ3) is 2.49. The third-order valence-electron chi connectivity index (χ3n) is 2.45. The van der Waals surface area contributed by atoms with Crippen molar-refractivity contribution in [2.24, 2.45) is 0 Å². The van der Waals surface area contributed by atoms with Crippen LogP contribution in [0.15, 0.2) is 31.9 Å². The van der Waals surface area contributed by atoms with Crippen molar-refractivity contribution in [1.82, 2.24) is 9.97 Å². The van der Waals surface area contributed by atoms with E-state index in [0.717, 1.165) is 10.0 Å². The van der Waals surface area contributed by atoms with Gasteiger partial charge >= 0.3 is 0 Å². The first-order valence-electron chi connectivity index (χ1n) is 5.13. The van der Waals surface area contributed by atoms with E-state index in [1.165, 1.54) is 0 Å². The molecule has 1 aromatic carbocycles. The molecule has 0 fully saturated rings. The maximum absolute atomic E-state index is 11.7. The largest absolute Gasteiger partial charge is 0.496 e. The maximum atomic E-state index is 11.7. The van der Waals surface area contributed by atoms with Crippen LogP contribution in [0.25, 0.3) is 11.4 Å². The number of ether oxygens (including phenoxy) is 1. The average molecular weight is 374 g/mol. The molecule has 0 atom stereocenters. The second-order valence-electron chi connectivity index (χ2n) is 3.66. The van der Waals surface area contributed by atoms with Crippen LogP contribution >= 0.6 is 31.9 Å². The predicted molar refractivity (Wildman–Crippen MR) is 77.0 cm³/mol. The molecular formula is C12H10Br2N2O2. The Hall–Kier alpha value is -1.14. The number of aromatic amines is 1. The lowest BCUT2D eigenvalue weighted by atomic mass is 10.2. The summed E-state index contributed by atoms with van der Waals surface area (Å²) in [5, 5.41) is 0. The molecule has 2 rings (SSSR count). The number of aromatic nitrogens is 2. The minimum atomic E-state index is -0.209. The van der Waals surface area contributed by atoms with Gasteiger partial charge in [-0.15, -0.1) is 0 Å². The normalized spacial score (nSPS) is 10.4. The van der Waals surface area contributed by atoms with Gasteiger partial charge in [0.05, 0.1) is 18.4 Å². The number of nitrogens with zero attached hydrogens (tertiary/aromatic N) is 1. The highest BCUT2D eigenvalue weighted by Gasteiger charge is 2.11. The highest BCUT2D eigenvalue weighted by Crippen LogP contribution is 2.30. The number of nitrogens with one attached hydrogen (secondary N) is 1. The number of halogens is 2. The van der Waals surface area contributed by atoms with Crippen LogP contribution in [-0.4, -0.2) is 17.1 Å². The number of aryl methyl sites for hydroxylation is 1. The molecule has 0 saturated carbocycles. The molecule has 18 heavy (non-hydrogen) atoms. The molecule has 1 heterocycles. The van der Waals surface area contributed by atoms with Crippen molar-refractivity contribution in [1.29, 1.82) is 0 Å². The summed E-state index contributed by atoms with van der Waals surface area (Å²) < 4.78 is 6.61. The fourth-order valence-corrected chi connectivity index (χ4v) is 2.11. The molecule has 0 saturated heterocycles. The van der Waals surface area contributed by atoms with Crippen LogP contribution in [0, 0.1) is 6.92 Å². The summed E-state index contributed by atoms with van der Waals surface area (Å²) in [4.78, 5) is 18.8. The zero-order valence-electron chi connectivity index (χ0n) is 9.75. The number of hydrogen-bond acceptors (Lipinski definition) is 3. The number of hydrogen-bond donors (Lipinski definition) is 1. The Balaban J connectivity index is 2.69. The molecule has 0 aliphatic carbocycles. The first kappa shape index (κ1) is 13.3. The number of benzene rings is 1. The molecule has 94 valence electrons. The molecule has 0 bridgehead atoms. The summed E-state index contributed by atoms with van der Waals surface area (Å²) >= 11 is 6.58. The molecule has 1 N–H and O–H groups in total. The van der Waals surface area contributed by atoms with Gasteiger partial charge in [-0.05, 0) is 41.1 Å². The lowest BCUT2D eigenvalue weighted by Gasteiger charge is -2.09. The zero-order chi connectivity index (χ0) is 13.3. The van der Waals surface area contributed by atoms with Gasteiger partial charge in [-0.3, -0.25) is 4.79 Å². The second kappa shape index (κ2) is 5.24. The molecule has 0 unspecified atom stereocenters. The van der Waals surface area contributed by atoms with E-state index in [0.29, 0.717) is 21.7 Å². The third-order valence-corrected chi connectivity index (χ3v) is 3.87. The summed E-state index contributed by atoms with van der Waals surface area (Å²) in [5.74, 6) is 1.14. The van der Waals surface area contributed by atoms with E-state index in [2.05, 4.69) is 41.8 Å². The molecule has 6 heteroatoms. The molecule has 4 nitrogen and oxygen atoms in total. The summed E-state index contributed by atoms with van der Waals surface area (Å²) in [6.07, 6.45) is 0. The fraction of sp³-hybridized carbons (Fsp3) is 0.167. The van der Waals surface area contributed by atoms with Crippen LogP contribution in [0.2, 0.25) is 0 Å². The molecule has 0 spiro atoms. The number of rotatable bonds is 2. The van der Waals surface area contributed by atoms with E-state index in [1.807, 2.05) is 18.2 Å². The Labute approximate surface area is 121 Å². The first-order chi connectivity index (χ1) is 8.52. The van der Waals surface area contributed by atoms with Crippen LogP contribution in [-0.2, 0) is 0 Å². The maximum Gasteiger partial charge on any atom is 0.265 e. The van der Waals surface area contributed by atoms with Crippen LogP contribution in [0.4, 0.5) is 0 Å². The van der Waals surface area contributed by atoms with E-state index in [-0.39, 0.29) is 5.56 Å². The van der Waals surface area contributed by atoms with Crippen LogP contribution in [0.3, 0.4) is 0 Å². The van der Waals surface area contributed by atoms with Gasteiger partial charge in [0, 0.05) is 4.47 Å². The number of H-pyrrole nitrogens is 1. The Morgan fingerprint density at radius 1 is 1.33 bits per heavy atom. The molecule has 1 aromatic heterocycles. The van der Waals surface area contributed by atoms with Crippen molar-refractivity contribution in [2.75, 3.05) is 7.11 Å². The summed E-state index contributed by atoms with van der Waals surface area (Å²) in [5.41, 5.74) is 1.16. The van der Waals surface area contributed by atoms with Gasteiger partial charge in [-0.2, -0.15) is 0 Å². The van der Waals surface area contributed by atoms with Crippen molar-refractivity contribution in [3.05, 3.63) is 43.2 Å². The van der Waals surface area contributed by atoms with E-state index < -0.39 is 0 Å². The smallest absolute Gasteiger partial charge is 0.265 e. The molecular weight excluding hydrogens is 364 g/mol. The summed E-state index contributed by atoms with van der Waals surface area (Å²) in [6, 6.07) is 5.54. The highest BCUT2D eigenvalue weighted by atomic mass is 79.9. The minimum Gasteiger partial charge on any atom is -0.496 e. The average Bonchev–Trinajstić information content (AvgIpc) is 2.35. The van der Waals surface area contributed by atoms with Gasteiger partial charge in [0.1, 0.15) is 16.0 Å². The van der Waals surface area contributed by atoms with E-state index >= 15 is 0 Å². The topological polar surface area (TPSA) is 55.0 Å². The minimum absolute atomic E-state index is 0.209. The Morgan fingerprint density at radius 3 is 2.67 bits per heavy atom. The first-order valence-corrected chi connectivity index (χ1v) is 6.72. The van der Waals surface area contributed by atoms with Crippen LogP contribution in [0.5, 0.6) is 5.75 Å². The fourth-order valence-electron chi connectivity index (χ4n) is 1.56. The van der Waals surface area contributed by atoms with Crippen molar-refractivity contribution < 1.29 is 4.74 Å². The number of methoxy groups -OCH3 is 1. The Bertz CT molecular complexity index is 653. The van der Waals surface area contributed by atoms with Gasteiger partial charge in [0.15, 0.2) is 0 Å². The lowest BCUT2D eigenvalue weighted by molar-refractivity contribution is 0.416. The molecule has 0 aliphatic rings. The van der Waals surface area contributed by atoms with Gasteiger partial charge in [-0.1, -0.05) is 15.9 Å². The summed E-state index contributed by atoms with van der Waals surface area (Å²) in [7, 11) is 1.58. The molecule has 0 aliphatic heterocycles. The lowest BCUT2D eigenvalue weighted by Crippen LogP contribution is -2.12. The SMILES string of the molecule is COc1ccc(Br)cc1-c1nc(C)c(Br)c(=O)[nH]1. The van der Waals surface area contributed by atoms with Gasteiger partial charge < -0.3 is 9.72 Å². The van der Waals surface area contributed by atoms with Crippen molar-refractivity contribution >= 4 is 31.9 Å². The van der Waals surface area contributed by atoms with E-state index in [9.17, 15) is 4.79 Å². The quantitative estimate of drug-likeness (QED) is 0.878. The Kier molecular flexibility index (Phi) is 3.87. The van der Waals surface area contributed by atoms with Crippen LogP contribution in [0.1, 0.15) is 5.69 Å². The van der Waals surface area contributed by atoms with Crippen LogP contribution < -0.4 is 10.3 Å². The molecule has 2 aromatic rings. The predicted octanol–water partition coefficient (Wildman–Crippen LogP) is 3.28. The highest BCUT2D eigenvalue weighted by molar-refractivity contribution is 9.10. The zero-order valence-corrected chi connectivity index (χ0v) is 12.9. The van der Waals surface area contributed by atoms with Crippen molar-refractivity contribution in [3.8, 4) is 17.1 Å². The second-order valence-corrected chi connectivity index (χ2v) is 5.37. The van der Waals surface area contributed by atoms with E-state index in [1.54, 1.807) is 14.0 Å². The standard InChI is InChI=1S/C12H10Br2N2O2/c1-6-10(14)12(17)16-11(15-6)8-5-7(13)3-4-9(8)18-2/h3-5H,1-2H3,(H,15,16,17). The Morgan fingerprint density at radius 2 is 2.06 bits per heavy atom. The van der Waals surface area contributed by atoms with Gasteiger partial charge in [0.25, 0.3) is 5.56 Å². The van der Waals surface area contributed by atoms with Crippen molar-refractivity contribution in [2.45, 2.75) is 6.92 Å². The van der Waals surface area contributed by atoms with Gasteiger partial charge in [-0.25, -0.2) is 4.98 Å². The van der Waals surface area contributed by atoms with Gasteiger partial charge in [0.2, 0.25) is 0 Å².